The molecule has 1 aromatic rings. The third-order valence-electron chi connectivity index (χ3n) is 4.71. The average Bonchev–Trinajstić information content (AvgIpc) is 2.92. The third-order valence-corrected chi connectivity index (χ3v) is 4.71. The Bertz CT molecular complexity index is 457. The van der Waals surface area contributed by atoms with Gasteiger partial charge >= 0.3 is 0 Å². The minimum Gasteiger partial charge on any atom is -0.353 e. The Morgan fingerprint density at radius 2 is 2.11 bits per heavy atom. The van der Waals surface area contributed by atoms with Gasteiger partial charge in [-0.05, 0) is 31.1 Å². The first-order valence-electron chi connectivity index (χ1n) is 7.54. The highest BCUT2D eigenvalue weighted by molar-refractivity contribution is 5.52. The molecule has 1 saturated heterocycles. The van der Waals surface area contributed by atoms with Crippen LogP contribution in [0.25, 0.3) is 0 Å². The summed E-state index contributed by atoms with van der Waals surface area (Å²) in [5.74, 6) is 1.78. The van der Waals surface area contributed by atoms with Crippen molar-refractivity contribution < 1.29 is 0 Å². The van der Waals surface area contributed by atoms with Crippen LogP contribution in [0.5, 0.6) is 0 Å². The second-order valence-electron chi connectivity index (χ2n) is 7.25. The number of aromatic amines is 1. The molecule has 0 amide bonds. The van der Waals surface area contributed by atoms with Crippen LogP contribution in [0.2, 0.25) is 0 Å². The molecule has 0 aromatic carbocycles. The van der Waals surface area contributed by atoms with Gasteiger partial charge in [0.15, 0.2) is 5.82 Å². The topological polar surface area (TPSA) is 57.9 Å². The van der Waals surface area contributed by atoms with Crippen LogP contribution < -0.4 is 10.6 Å². The van der Waals surface area contributed by atoms with E-state index in [4.69, 9.17) is 5.73 Å². The molecule has 0 radical (unpaired) electrons. The number of fused-ring (bicyclic) bond motifs is 1. The molecule has 2 heterocycles. The number of aromatic nitrogens is 2. The van der Waals surface area contributed by atoms with E-state index >= 15 is 0 Å². The quantitative estimate of drug-likeness (QED) is 0.817. The fourth-order valence-corrected chi connectivity index (χ4v) is 3.64. The smallest absolute Gasteiger partial charge is 0.153 e. The lowest BCUT2D eigenvalue weighted by molar-refractivity contribution is 0.284. The molecule has 19 heavy (non-hydrogen) atoms. The molecular weight excluding hydrogens is 236 g/mol. The molecule has 4 nitrogen and oxygen atoms in total. The normalized spacial score (nSPS) is 27.7. The molecule has 0 spiro atoms. The van der Waals surface area contributed by atoms with Crippen LogP contribution >= 0.6 is 0 Å². The molecule has 1 fully saturated rings. The van der Waals surface area contributed by atoms with E-state index in [9.17, 15) is 0 Å². The van der Waals surface area contributed by atoms with E-state index in [2.05, 4.69) is 35.9 Å². The number of rotatable bonds is 1. The minimum absolute atomic E-state index is 0.306. The van der Waals surface area contributed by atoms with Crippen LogP contribution in [-0.2, 0) is 6.42 Å². The van der Waals surface area contributed by atoms with E-state index in [-0.39, 0.29) is 0 Å². The molecule has 4 heteroatoms. The fourth-order valence-electron chi connectivity index (χ4n) is 3.64. The van der Waals surface area contributed by atoms with Crippen LogP contribution in [0.3, 0.4) is 0 Å². The standard InChI is InChI=1S/C15H26N4/c1-15(2,3)12-6-4-5-11-13(12)17-18-14(11)19-8-7-10(16)9-19/h10,12H,4-9,16H2,1-3H3,(H,17,18). The highest BCUT2D eigenvalue weighted by Gasteiger charge is 2.35. The summed E-state index contributed by atoms with van der Waals surface area (Å²) in [6, 6.07) is 0.314. The summed E-state index contributed by atoms with van der Waals surface area (Å²) in [6.45, 7) is 9.01. The summed E-state index contributed by atoms with van der Waals surface area (Å²) in [5.41, 5.74) is 9.17. The van der Waals surface area contributed by atoms with Gasteiger partial charge in [-0.3, -0.25) is 5.10 Å². The summed E-state index contributed by atoms with van der Waals surface area (Å²) in [5, 5.41) is 7.97. The van der Waals surface area contributed by atoms with Crippen molar-refractivity contribution in [2.24, 2.45) is 11.1 Å². The van der Waals surface area contributed by atoms with Gasteiger partial charge in [-0.1, -0.05) is 20.8 Å². The van der Waals surface area contributed by atoms with Crippen molar-refractivity contribution in [3.8, 4) is 0 Å². The molecule has 1 aliphatic carbocycles. The van der Waals surface area contributed by atoms with Gasteiger partial charge < -0.3 is 10.6 Å². The maximum atomic E-state index is 6.02. The minimum atomic E-state index is 0.306. The van der Waals surface area contributed by atoms with Gasteiger partial charge in [-0.25, -0.2) is 0 Å². The molecule has 0 bridgehead atoms. The van der Waals surface area contributed by atoms with Gasteiger partial charge in [0.2, 0.25) is 0 Å². The van der Waals surface area contributed by atoms with Gasteiger partial charge in [0.1, 0.15) is 0 Å². The molecular formula is C15H26N4. The first-order chi connectivity index (χ1) is 8.97. The third kappa shape index (κ3) is 2.27. The van der Waals surface area contributed by atoms with E-state index in [1.807, 2.05) is 0 Å². The Balaban J connectivity index is 1.92. The lowest BCUT2D eigenvalue weighted by atomic mass is 9.72. The van der Waals surface area contributed by atoms with E-state index < -0.39 is 0 Å². The Morgan fingerprint density at radius 3 is 2.74 bits per heavy atom. The highest BCUT2D eigenvalue weighted by atomic mass is 15.3. The number of nitrogens with one attached hydrogen (secondary N) is 1. The molecule has 106 valence electrons. The van der Waals surface area contributed by atoms with Crippen molar-refractivity contribution in [2.75, 3.05) is 18.0 Å². The molecule has 3 N–H and O–H groups in total. The van der Waals surface area contributed by atoms with Gasteiger partial charge in [0.05, 0.1) is 0 Å². The zero-order valence-electron chi connectivity index (χ0n) is 12.4. The van der Waals surface area contributed by atoms with E-state index in [1.165, 1.54) is 36.3 Å². The van der Waals surface area contributed by atoms with E-state index in [1.54, 1.807) is 0 Å². The number of anilines is 1. The van der Waals surface area contributed by atoms with Gasteiger partial charge in [-0.15, -0.1) is 0 Å². The maximum Gasteiger partial charge on any atom is 0.153 e. The van der Waals surface area contributed by atoms with Crippen molar-refractivity contribution in [3.05, 3.63) is 11.3 Å². The van der Waals surface area contributed by atoms with Crippen molar-refractivity contribution >= 4 is 5.82 Å². The van der Waals surface area contributed by atoms with Crippen molar-refractivity contribution in [2.45, 2.75) is 58.4 Å². The van der Waals surface area contributed by atoms with Crippen LogP contribution in [0.1, 0.15) is 57.2 Å². The number of H-pyrrole nitrogens is 1. The summed E-state index contributed by atoms with van der Waals surface area (Å²) < 4.78 is 0. The van der Waals surface area contributed by atoms with E-state index in [0.29, 0.717) is 17.4 Å². The summed E-state index contributed by atoms with van der Waals surface area (Å²) in [6.07, 6.45) is 4.81. The summed E-state index contributed by atoms with van der Waals surface area (Å²) >= 11 is 0. The Morgan fingerprint density at radius 1 is 1.32 bits per heavy atom. The molecule has 2 unspecified atom stereocenters. The first kappa shape index (κ1) is 13.0. The Labute approximate surface area is 115 Å². The largest absolute Gasteiger partial charge is 0.353 e. The van der Waals surface area contributed by atoms with Crippen LogP contribution in [-0.4, -0.2) is 29.3 Å². The van der Waals surface area contributed by atoms with Crippen LogP contribution in [0.4, 0.5) is 5.82 Å². The predicted molar refractivity (Wildman–Crippen MR) is 78.5 cm³/mol. The molecule has 1 aliphatic heterocycles. The van der Waals surface area contributed by atoms with Crippen LogP contribution in [0.15, 0.2) is 0 Å². The number of hydrogen-bond acceptors (Lipinski definition) is 3. The lowest BCUT2D eigenvalue weighted by Crippen LogP contribution is -2.28. The molecule has 1 aromatic heterocycles. The zero-order chi connectivity index (χ0) is 13.6. The number of hydrogen-bond donors (Lipinski definition) is 2. The summed E-state index contributed by atoms with van der Waals surface area (Å²) in [4.78, 5) is 2.37. The Kier molecular flexibility index (Phi) is 3.08. The van der Waals surface area contributed by atoms with Gasteiger partial charge in [-0.2, -0.15) is 5.10 Å². The fraction of sp³-hybridized carbons (Fsp3) is 0.800. The van der Waals surface area contributed by atoms with Crippen molar-refractivity contribution in [1.82, 2.24) is 10.2 Å². The van der Waals surface area contributed by atoms with Crippen LogP contribution in [0, 0.1) is 5.41 Å². The van der Waals surface area contributed by atoms with E-state index in [0.717, 1.165) is 19.5 Å². The molecule has 3 rings (SSSR count). The predicted octanol–water partition coefficient (Wildman–Crippen LogP) is 2.41. The first-order valence-corrected chi connectivity index (χ1v) is 7.54. The zero-order valence-corrected chi connectivity index (χ0v) is 12.4. The second kappa shape index (κ2) is 4.51. The molecule has 2 aliphatic rings. The number of nitrogens with zero attached hydrogens (tertiary/aromatic N) is 2. The van der Waals surface area contributed by atoms with Gasteiger partial charge in [0.25, 0.3) is 0 Å². The average molecular weight is 262 g/mol. The second-order valence-corrected chi connectivity index (χ2v) is 7.25. The van der Waals surface area contributed by atoms with Gasteiger partial charge in [0, 0.05) is 36.3 Å². The maximum absolute atomic E-state index is 6.02. The molecule has 0 saturated carbocycles. The molecule has 2 atom stereocenters. The monoisotopic (exact) mass is 262 g/mol. The Hall–Kier alpha value is -1.03. The van der Waals surface area contributed by atoms with Crippen molar-refractivity contribution in [3.63, 3.8) is 0 Å². The number of nitrogens with two attached hydrogens (primary N) is 1. The lowest BCUT2D eigenvalue weighted by Gasteiger charge is -2.34. The van der Waals surface area contributed by atoms with Crippen molar-refractivity contribution in [1.29, 1.82) is 0 Å². The SMILES string of the molecule is CC(C)(C)C1CCCc2c(N3CCC(N)C3)n[nH]c21. The summed E-state index contributed by atoms with van der Waals surface area (Å²) in [7, 11) is 0. The highest BCUT2D eigenvalue weighted by Crippen LogP contribution is 2.44.